The highest BCUT2D eigenvalue weighted by molar-refractivity contribution is 7.13. The topological polar surface area (TPSA) is 37.8 Å². The van der Waals surface area contributed by atoms with Gasteiger partial charge >= 0.3 is 6.18 Å². The summed E-state index contributed by atoms with van der Waals surface area (Å²) in [5, 5.41) is 4.90. The van der Waals surface area contributed by atoms with Crippen molar-refractivity contribution in [2.75, 3.05) is 5.32 Å². The highest BCUT2D eigenvalue weighted by atomic mass is 32.1. The van der Waals surface area contributed by atoms with Crippen LogP contribution in [0.15, 0.2) is 23.6 Å². The SMILES string of the molecule is FC(F)(F)c1cc(-c2cccs2)nc(NC2CCCCC2)n1. The summed E-state index contributed by atoms with van der Waals surface area (Å²) in [6.45, 7) is 0. The van der Waals surface area contributed by atoms with Gasteiger partial charge in [0.05, 0.1) is 10.6 Å². The first kappa shape index (κ1) is 15.3. The predicted molar refractivity (Wildman–Crippen MR) is 80.8 cm³/mol. The van der Waals surface area contributed by atoms with E-state index >= 15 is 0 Å². The van der Waals surface area contributed by atoms with Crippen LogP contribution in [0.1, 0.15) is 37.8 Å². The third-order valence-electron chi connectivity index (χ3n) is 3.73. The monoisotopic (exact) mass is 327 g/mol. The number of anilines is 1. The van der Waals surface area contributed by atoms with Crippen molar-refractivity contribution in [3.8, 4) is 10.6 Å². The van der Waals surface area contributed by atoms with Gasteiger partial charge in [-0.25, -0.2) is 9.97 Å². The van der Waals surface area contributed by atoms with Crippen LogP contribution in [0.3, 0.4) is 0 Å². The van der Waals surface area contributed by atoms with Gasteiger partial charge in [-0.2, -0.15) is 13.2 Å². The third-order valence-corrected chi connectivity index (χ3v) is 4.62. The Bertz CT molecular complexity index is 619. The molecule has 0 unspecified atom stereocenters. The zero-order valence-corrected chi connectivity index (χ0v) is 12.7. The maximum Gasteiger partial charge on any atom is 0.433 e. The van der Waals surface area contributed by atoms with Crippen LogP contribution in [-0.4, -0.2) is 16.0 Å². The highest BCUT2D eigenvalue weighted by Gasteiger charge is 2.34. The number of aromatic nitrogens is 2. The lowest BCUT2D eigenvalue weighted by molar-refractivity contribution is -0.141. The summed E-state index contributed by atoms with van der Waals surface area (Å²) in [5.74, 6) is 0.0742. The minimum atomic E-state index is -4.47. The molecule has 3 nitrogen and oxygen atoms in total. The van der Waals surface area contributed by atoms with Gasteiger partial charge in [-0.3, -0.25) is 0 Å². The molecule has 0 aromatic carbocycles. The molecular weight excluding hydrogens is 311 g/mol. The van der Waals surface area contributed by atoms with E-state index in [0.717, 1.165) is 31.7 Å². The lowest BCUT2D eigenvalue weighted by Gasteiger charge is -2.23. The van der Waals surface area contributed by atoms with Crippen molar-refractivity contribution >= 4 is 17.3 Å². The molecule has 0 radical (unpaired) electrons. The largest absolute Gasteiger partial charge is 0.433 e. The maximum absolute atomic E-state index is 13.1. The van der Waals surface area contributed by atoms with E-state index in [4.69, 9.17) is 0 Å². The second kappa shape index (κ2) is 6.24. The first-order valence-electron chi connectivity index (χ1n) is 7.29. The Balaban J connectivity index is 1.92. The van der Waals surface area contributed by atoms with Crippen LogP contribution in [0.4, 0.5) is 19.1 Å². The standard InChI is InChI=1S/C15H16F3N3S/c16-15(17,18)13-9-11(12-7-4-8-22-12)20-14(21-13)19-10-5-2-1-3-6-10/h4,7-10H,1-3,5-6H2,(H,19,20,21). The van der Waals surface area contributed by atoms with E-state index in [0.29, 0.717) is 10.6 Å². The number of nitrogens with zero attached hydrogens (tertiary/aromatic N) is 2. The number of nitrogens with one attached hydrogen (secondary N) is 1. The minimum absolute atomic E-state index is 0.0742. The third kappa shape index (κ3) is 3.58. The fraction of sp³-hybridized carbons (Fsp3) is 0.467. The van der Waals surface area contributed by atoms with Crippen LogP contribution in [0.25, 0.3) is 10.6 Å². The molecule has 1 saturated carbocycles. The normalized spacial score (nSPS) is 16.7. The smallest absolute Gasteiger partial charge is 0.351 e. The molecule has 0 saturated heterocycles. The number of hydrogen-bond acceptors (Lipinski definition) is 4. The molecule has 0 amide bonds. The van der Waals surface area contributed by atoms with Crippen molar-refractivity contribution in [1.82, 2.24) is 9.97 Å². The molecule has 2 heterocycles. The molecule has 0 aliphatic heterocycles. The molecule has 7 heteroatoms. The van der Waals surface area contributed by atoms with Gasteiger partial charge in [0.2, 0.25) is 5.95 Å². The van der Waals surface area contributed by atoms with E-state index in [-0.39, 0.29) is 12.0 Å². The lowest BCUT2D eigenvalue weighted by atomic mass is 9.96. The van der Waals surface area contributed by atoms with Gasteiger partial charge in [0.1, 0.15) is 0 Å². The van der Waals surface area contributed by atoms with E-state index in [1.54, 1.807) is 12.1 Å². The molecule has 2 aromatic heterocycles. The van der Waals surface area contributed by atoms with Crippen LogP contribution >= 0.6 is 11.3 Å². The van der Waals surface area contributed by atoms with Crippen molar-refractivity contribution in [3.05, 3.63) is 29.3 Å². The van der Waals surface area contributed by atoms with Gasteiger partial charge < -0.3 is 5.32 Å². The molecule has 0 spiro atoms. The maximum atomic E-state index is 13.1. The van der Waals surface area contributed by atoms with E-state index in [1.165, 1.54) is 17.8 Å². The zero-order valence-electron chi connectivity index (χ0n) is 11.9. The summed E-state index contributed by atoms with van der Waals surface area (Å²) >= 11 is 1.36. The number of halogens is 3. The Morgan fingerprint density at radius 3 is 2.55 bits per heavy atom. The van der Waals surface area contributed by atoms with Crippen LogP contribution in [0.2, 0.25) is 0 Å². The van der Waals surface area contributed by atoms with Crippen molar-refractivity contribution < 1.29 is 13.2 Å². The van der Waals surface area contributed by atoms with Crippen molar-refractivity contribution in [2.45, 2.75) is 44.3 Å². The quantitative estimate of drug-likeness (QED) is 0.865. The van der Waals surface area contributed by atoms with Crippen LogP contribution < -0.4 is 5.32 Å². The molecule has 1 aliphatic carbocycles. The highest BCUT2D eigenvalue weighted by Crippen LogP contribution is 2.33. The van der Waals surface area contributed by atoms with Crippen LogP contribution in [-0.2, 0) is 6.18 Å². The molecular formula is C15H16F3N3S. The molecule has 1 N–H and O–H groups in total. The first-order valence-corrected chi connectivity index (χ1v) is 8.17. The molecule has 0 bridgehead atoms. The summed E-state index contributed by atoms with van der Waals surface area (Å²) in [6, 6.07) is 4.73. The minimum Gasteiger partial charge on any atom is -0.351 e. The van der Waals surface area contributed by atoms with Crippen molar-refractivity contribution in [3.63, 3.8) is 0 Å². The van der Waals surface area contributed by atoms with Gasteiger partial charge in [-0.05, 0) is 30.4 Å². The van der Waals surface area contributed by atoms with Gasteiger partial charge in [0.15, 0.2) is 5.69 Å². The van der Waals surface area contributed by atoms with Crippen molar-refractivity contribution in [1.29, 1.82) is 0 Å². The van der Waals surface area contributed by atoms with E-state index in [1.807, 2.05) is 5.38 Å². The molecule has 0 atom stereocenters. The molecule has 2 aromatic rings. The molecule has 118 valence electrons. The average Bonchev–Trinajstić information content (AvgIpc) is 3.01. The fourth-order valence-electron chi connectivity index (χ4n) is 2.64. The summed E-state index contributed by atoms with van der Waals surface area (Å²) in [7, 11) is 0. The lowest BCUT2D eigenvalue weighted by Crippen LogP contribution is -2.24. The number of rotatable bonds is 3. The number of alkyl halides is 3. The number of hydrogen-bond donors (Lipinski definition) is 1. The van der Waals surface area contributed by atoms with Crippen LogP contribution in [0, 0.1) is 0 Å². The second-order valence-electron chi connectivity index (χ2n) is 5.42. The Morgan fingerprint density at radius 2 is 1.91 bits per heavy atom. The van der Waals surface area contributed by atoms with E-state index in [9.17, 15) is 13.2 Å². The van der Waals surface area contributed by atoms with Crippen molar-refractivity contribution in [2.24, 2.45) is 0 Å². The Hall–Kier alpha value is -1.63. The van der Waals surface area contributed by atoms with Gasteiger partial charge in [0.25, 0.3) is 0 Å². The summed E-state index contributed by atoms with van der Waals surface area (Å²) in [4.78, 5) is 8.65. The van der Waals surface area contributed by atoms with Gasteiger partial charge in [-0.15, -0.1) is 11.3 Å². The zero-order chi connectivity index (χ0) is 15.6. The molecule has 3 rings (SSSR count). The summed E-state index contributed by atoms with van der Waals surface area (Å²) in [5.41, 5.74) is -0.583. The van der Waals surface area contributed by atoms with Gasteiger partial charge in [0, 0.05) is 6.04 Å². The average molecular weight is 327 g/mol. The molecule has 1 aliphatic rings. The summed E-state index contributed by atoms with van der Waals surface area (Å²) in [6.07, 6.45) is 0.796. The Morgan fingerprint density at radius 1 is 1.14 bits per heavy atom. The predicted octanol–water partition coefficient (Wildman–Crippen LogP) is 4.97. The Labute approximate surface area is 130 Å². The van der Waals surface area contributed by atoms with Gasteiger partial charge in [-0.1, -0.05) is 25.3 Å². The second-order valence-corrected chi connectivity index (χ2v) is 6.36. The molecule has 22 heavy (non-hydrogen) atoms. The molecule has 1 fully saturated rings. The number of thiophene rings is 1. The van der Waals surface area contributed by atoms with Crippen LogP contribution in [0.5, 0.6) is 0 Å². The first-order chi connectivity index (χ1) is 10.5. The van der Waals surface area contributed by atoms with E-state index in [2.05, 4.69) is 15.3 Å². The van der Waals surface area contributed by atoms with E-state index < -0.39 is 11.9 Å². The summed E-state index contributed by atoms with van der Waals surface area (Å²) < 4.78 is 39.2. The fourth-order valence-corrected chi connectivity index (χ4v) is 3.32. The Kier molecular flexibility index (Phi) is 4.33.